The van der Waals surface area contributed by atoms with Crippen LogP contribution in [-0.2, 0) is 30.3 Å². The van der Waals surface area contributed by atoms with Gasteiger partial charge in [-0.25, -0.2) is 0 Å². The molecule has 7 unspecified atom stereocenters. The predicted molar refractivity (Wildman–Crippen MR) is 281 cm³/mol. The van der Waals surface area contributed by atoms with E-state index in [9.17, 15) is 14.4 Å². The molecule has 0 radical (unpaired) electrons. The number of methoxy groups -OCH3 is 2. The Bertz CT molecular complexity index is 1190. The van der Waals surface area contributed by atoms with Gasteiger partial charge in [-0.05, 0) is 96.2 Å². The van der Waals surface area contributed by atoms with Crippen LogP contribution in [0, 0.1) is 17.8 Å². The maximum atomic E-state index is 13.0. The Hall–Kier alpha value is -2.75. The van der Waals surface area contributed by atoms with Gasteiger partial charge in [0.2, 0.25) is 18.2 Å². The number of rotatable bonds is 24. The first-order valence-corrected chi connectivity index (χ1v) is 25.7. The van der Waals surface area contributed by atoms with Gasteiger partial charge in [-0.3, -0.25) is 19.3 Å². The molecule has 2 N–H and O–H groups in total. The number of carbonyl (C=O) groups is 3. The highest BCUT2D eigenvalue weighted by molar-refractivity contribution is 5.87. The Morgan fingerprint density at radius 2 is 1.30 bits per heavy atom. The topological polar surface area (TPSA) is 100 Å². The standard InChI is InChI=1S/C24H45N3O3.C12H26O.C10H13NO.C3H8.3C2H6/c1-10-17(4)23(20(30-9)14-18(5)19-12-11-13-19)27(8)21(28)15-25-24(29)22(16(2)3)26(6)7;1-5-7-8-9-10-11(3)12(6-2)13-4;1-9(11-8-12)7-10-5-3-2-4-6-10;1-3-2;3*1-2/h16-17,20,22-23H,10-15H2,1-9H3,(H,25,29);11-12H,5-10H2,1-4H3;2-6,8-9H,7H2,1H3,(H,11,12);3H2,1-2H3;3*1-2H3. The molecule has 0 aliphatic heterocycles. The van der Waals surface area contributed by atoms with E-state index in [1.54, 1.807) is 17.6 Å². The number of nitrogens with one attached hydrogen (secondary N) is 2. The second-order valence-electron chi connectivity index (χ2n) is 17.1. The molecule has 0 spiro atoms. The summed E-state index contributed by atoms with van der Waals surface area (Å²) in [5, 5.41) is 5.56. The molecule has 1 aromatic carbocycles. The number of hydrogen-bond donors (Lipinski definition) is 2. The molecule has 3 amide bonds. The van der Waals surface area contributed by atoms with Crippen molar-refractivity contribution in [3.8, 4) is 0 Å². The minimum Gasteiger partial charge on any atom is -0.381 e. The summed E-state index contributed by atoms with van der Waals surface area (Å²) < 4.78 is 11.3. The summed E-state index contributed by atoms with van der Waals surface area (Å²) in [7, 11) is 9.19. The van der Waals surface area contributed by atoms with E-state index < -0.39 is 0 Å². The largest absolute Gasteiger partial charge is 0.381 e. The molecule has 1 aliphatic rings. The Morgan fingerprint density at radius 3 is 1.69 bits per heavy atom. The zero-order valence-electron chi connectivity index (χ0n) is 46.4. The van der Waals surface area contributed by atoms with Crippen LogP contribution in [0.15, 0.2) is 41.5 Å². The van der Waals surface area contributed by atoms with E-state index in [-0.39, 0.29) is 48.5 Å². The molecule has 1 aromatic rings. The van der Waals surface area contributed by atoms with Gasteiger partial charge >= 0.3 is 0 Å². The minimum atomic E-state index is -0.253. The molecule has 0 aromatic heterocycles. The molecule has 7 atom stereocenters. The van der Waals surface area contributed by atoms with Gasteiger partial charge < -0.3 is 25.0 Å². The van der Waals surface area contributed by atoms with E-state index in [0.29, 0.717) is 12.0 Å². The highest BCUT2D eigenvalue weighted by Crippen LogP contribution is 2.32. The third-order valence-corrected chi connectivity index (χ3v) is 11.3. The number of nitrogens with zero attached hydrogens (tertiary/aromatic N) is 2. The van der Waals surface area contributed by atoms with E-state index >= 15 is 0 Å². The number of likely N-dealkylation sites (N-methyl/N-ethyl adjacent to an activating group) is 2. The predicted octanol–water partition coefficient (Wildman–Crippen LogP) is 13.3. The smallest absolute Gasteiger partial charge is 0.242 e. The maximum Gasteiger partial charge on any atom is 0.242 e. The fourth-order valence-corrected chi connectivity index (χ4v) is 7.52. The number of unbranched alkanes of at least 4 members (excludes halogenated alkanes) is 3. The maximum absolute atomic E-state index is 13.0. The monoisotopic (exact) mass is 907 g/mol. The van der Waals surface area contributed by atoms with Gasteiger partial charge in [0, 0.05) is 27.3 Å². The summed E-state index contributed by atoms with van der Waals surface area (Å²) in [6.07, 6.45) is 16.7. The van der Waals surface area contributed by atoms with Crippen molar-refractivity contribution in [2.45, 2.75) is 232 Å². The first kappa shape index (κ1) is 70.3. The van der Waals surface area contributed by atoms with E-state index in [1.807, 2.05) is 114 Å². The highest BCUT2D eigenvalue weighted by Gasteiger charge is 2.34. The summed E-state index contributed by atoms with van der Waals surface area (Å²) in [6, 6.07) is 10.0. The summed E-state index contributed by atoms with van der Waals surface area (Å²) in [5.41, 5.74) is 4.20. The van der Waals surface area contributed by atoms with Gasteiger partial charge in [-0.15, -0.1) is 0 Å². The Balaban J connectivity index is -0.000000281. The second kappa shape index (κ2) is 48.2. The van der Waals surface area contributed by atoms with Crippen molar-refractivity contribution in [1.82, 2.24) is 20.4 Å². The lowest BCUT2D eigenvalue weighted by Gasteiger charge is -2.38. The molecule has 9 nitrogen and oxygen atoms in total. The fraction of sp³-hybridized carbons (Fsp3) is 0.800. The van der Waals surface area contributed by atoms with Crippen LogP contribution in [0.25, 0.3) is 0 Å². The molecule has 1 saturated carbocycles. The van der Waals surface area contributed by atoms with Gasteiger partial charge in [0.25, 0.3) is 0 Å². The quantitative estimate of drug-likeness (QED) is 0.0609. The molecule has 1 aliphatic carbocycles. The van der Waals surface area contributed by atoms with Gasteiger partial charge in [-0.2, -0.15) is 0 Å². The first-order chi connectivity index (χ1) is 30.5. The zero-order valence-corrected chi connectivity index (χ0v) is 46.4. The third-order valence-electron chi connectivity index (χ3n) is 11.3. The van der Waals surface area contributed by atoms with Gasteiger partial charge in [-0.1, -0.05) is 184 Å². The first-order valence-electron chi connectivity index (χ1n) is 25.7. The SMILES string of the molecule is CC.CC.CC.CC(Cc1ccccc1)NC=O.CCC.CCC(C)C(C(CC(C)=C1CCC1)OC)N(C)C(=O)CNC(=O)C(C(C)C)N(C)C.CCCCCCC(C)C(CC)OC. The molecule has 0 bridgehead atoms. The lowest BCUT2D eigenvalue weighted by molar-refractivity contribution is -0.138. The van der Waals surface area contributed by atoms with Crippen molar-refractivity contribution >= 4 is 18.2 Å². The third kappa shape index (κ3) is 33.7. The van der Waals surface area contributed by atoms with E-state index in [0.717, 1.165) is 38.0 Å². The second-order valence-corrected chi connectivity index (χ2v) is 17.1. The van der Waals surface area contributed by atoms with Crippen LogP contribution in [-0.4, -0.2) is 100 Å². The minimum absolute atomic E-state index is 0.00976. The Morgan fingerprint density at radius 1 is 0.766 bits per heavy atom. The number of allylic oxidation sites excluding steroid dienone is 1. The van der Waals surface area contributed by atoms with Crippen LogP contribution in [0.5, 0.6) is 0 Å². The molecule has 1 fully saturated rings. The van der Waals surface area contributed by atoms with Gasteiger partial charge in [0.05, 0.1) is 30.8 Å². The highest BCUT2D eigenvalue weighted by atomic mass is 16.5. The van der Waals surface area contributed by atoms with Crippen molar-refractivity contribution in [3.63, 3.8) is 0 Å². The van der Waals surface area contributed by atoms with Crippen LogP contribution in [0.3, 0.4) is 0 Å². The van der Waals surface area contributed by atoms with E-state index in [4.69, 9.17) is 9.47 Å². The van der Waals surface area contributed by atoms with E-state index in [1.165, 1.54) is 68.9 Å². The van der Waals surface area contributed by atoms with Crippen molar-refractivity contribution in [1.29, 1.82) is 0 Å². The van der Waals surface area contributed by atoms with Crippen LogP contribution >= 0.6 is 0 Å². The molecule has 2 rings (SSSR count). The summed E-state index contributed by atoms with van der Waals surface area (Å²) in [4.78, 5) is 39.4. The number of amides is 3. The summed E-state index contributed by atoms with van der Waals surface area (Å²) >= 11 is 0. The number of hydrogen-bond acceptors (Lipinski definition) is 6. The number of ether oxygens (including phenoxy) is 2. The Labute approximate surface area is 399 Å². The van der Waals surface area contributed by atoms with Crippen molar-refractivity contribution in [2.24, 2.45) is 17.8 Å². The van der Waals surface area contributed by atoms with Crippen molar-refractivity contribution in [2.75, 3.05) is 41.9 Å². The van der Waals surface area contributed by atoms with Crippen LogP contribution in [0.4, 0.5) is 0 Å². The lowest BCUT2D eigenvalue weighted by atomic mass is 9.83. The molecule has 9 heteroatoms. The van der Waals surface area contributed by atoms with Crippen molar-refractivity contribution in [3.05, 3.63) is 47.0 Å². The zero-order chi connectivity index (χ0) is 50.6. The molecule has 380 valence electrons. The summed E-state index contributed by atoms with van der Waals surface area (Å²) in [6.45, 7) is 35.6. The number of carbonyl (C=O) groups excluding carboxylic acids is 3. The van der Waals surface area contributed by atoms with Crippen LogP contribution < -0.4 is 10.6 Å². The van der Waals surface area contributed by atoms with Crippen molar-refractivity contribution < 1.29 is 23.9 Å². The lowest BCUT2D eigenvalue weighted by Crippen LogP contribution is -2.53. The van der Waals surface area contributed by atoms with Crippen LogP contribution in [0.1, 0.15) is 200 Å². The number of benzene rings is 1. The van der Waals surface area contributed by atoms with E-state index in [2.05, 4.69) is 78.2 Å². The molecule has 64 heavy (non-hydrogen) atoms. The van der Waals surface area contributed by atoms with Crippen LogP contribution in [0.2, 0.25) is 0 Å². The van der Waals surface area contributed by atoms with Gasteiger partial charge in [0.15, 0.2) is 0 Å². The molecule has 0 saturated heterocycles. The average molecular weight is 908 g/mol. The Kier molecular flexibility index (Phi) is 52.9. The molecular formula is C55H110N4O5. The summed E-state index contributed by atoms with van der Waals surface area (Å²) in [5.74, 6) is 1.01. The van der Waals surface area contributed by atoms with Gasteiger partial charge in [0.1, 0.15) is 0 Å². The average Bonchev–Trinajstić information content (AvgIpc) is 3.26. The molecular weight excluding hydrogens is 797 g/mol. The fourth-order valence-electron chi connectivity index (χ4n) is 7.52. The molecule has 0 heterocycles. The normalized spacial score (nSPS) is 14.4.